The molecule has 1 saturated heterocycles. The lowest BCUT2D eigenvalue weighted by molar-refractivity contribution is 0.0729. The zero-order valence-corrected chi connectivity index (χ0v) is 26.2. The van der Waals surface area contributed by atoms with Gasteiger partial charge < -0.3 is 29.6 Å². The number of fused-ring (bicyclic) bond motifs is 2. The predicted octanol–water partition coefficient (Wildman–Crippen LogP) is 4.29. The molecule has 2 N–H and O–H groups in total. The number of hydrogen-bond donors (Lipinski definition) is 2. The van der Waals surface area contributed by atoms with Gasteiger partial charge in [-0.25, -0.2) is 8.42 Å². The molecule has 3 aliphatic rings. The minimum absolute atomic E-state index is 0.0205. The van der Waals surface area contributed by atoms with E-state index < -0.39 is 10.0 Å². The Labute approximate surface area is 249 Å². The molecule has 2 aromatic rings. The lowest BCUT2D eigenvalue weighted by Crippen LogP contribution is -2.52. The minimum atomic E-state index is -3.92. The van der Waals surface area contributed by atoms with Crippen LogP contribution in [-0.2, 0) is 21.3 Å². The third kappa shape index (κ3) is 5.42. The van der Waals surface area contributed by atoms with Gasteiger partial charge in [0.05, 0.1) is 40.2 Å². The zero-order chi connectivity index (χ0) is 30.3. The van der Waals surface area contributed by atoms with E-state index in [4.69, 9.17) is 18.9 Å². The number of benzene rings is 2. The number of nitrogens with one attached hydrogen (secondary N) is 2. The van der Waals surface area contributed by atoms with Crippen molar-refractivity contribution in [1.29, 1.82) is 0 Å². The van der Waals surface area contributed by atoms with Gasteiger partial charge in [0.25, 0.3) is 5.91 Å². The van der Waals surface area contributed by atoms with Gasteiger partial charge in [-0.2, -0.15) is 4.31 Å². The van der Waals surface area contributed by atoms with Crippen molar-refractivity contribution < 1.29 is 32.2 Å². The van der Waals surface area contributed by atoms with Gasteiger partial charge in [0.2, 0.25) is 15.8 Å². The average Bonchev–Trinajstić information content (AvgIpc) is 3.48. The summed E-state index contributed by atoms with van der Waals surface area (Å²) in [5, 5.41) is 6.58. The van der Waals surface area contributed by atoms with Crippen LogP contribution in [0.15, 0.2) is 35.2 Å². The highest BCUT2D eigenvalue weighted by molar-refractivity contribution is 7.89. The Bertz CT molecular complexity index is 1410. The summed E-state index contributed by atoms with van der Waals surface area (Å²) in [6.07, 6.45) is 3.38. The summed E-state index contributed by atoms with van der Waals surface area (Å²) in [6.45, 7) is 8.16. The minimum Gasteiger partial charge on any atom is -0.493 e. The van der Waals surface area contributed by atoms with Gasteiger partial charge in [-0.05, 0) is 71.9 Å². The van der Waals surface area contributed by atoms with Crippen LogP contribution in [0, 0.1) is 16.7 Å². The van der Waals surface area contributed by atoms with Crippen LogP contribution in [0.25, 0.3) is 0 Å². The summed E-state index contributed by atoms with van der Waals surface area (Å²) in [5.74, 6) is 1.80. The van der Waals surface area contributed by atoms with E-state index in [0.29, 0.717) is 47.6 Å². The normalized spacial score (nSPS) is 25.2. The molecule has 0 radical (unpaired) electrons. The summed E-state index contributed by atoms with van der Waals surface area (Å²) >= 11 is 0. The van der Waals surface area contributed by atoms with Crippen molar-refractivity contribution in [2.45, 2.75) is 57.5 Å². The third-order valence-electron chi connectivity index (χ3n) is 9.58. The van der Waals surface area contributed by atoms with Crippen LogP contribution < -0.4 is 24.8 Å². The maximum Gasteiger partial charge on any atom is 0.251 e. The Hall–Kier alpha value is -3.02. The lowest BCUT2D eigenvalue weighted by atomic mass is 9.68. The molecular formula is C31H43N3O7S. The first-order chi connectivity index (χ1) is 19.9. The van der Waals surface area contributed by atoms with Gasteiger partial charge in [-0.3, -0.25) is 4.79 Å². The van der Waals surface area contributed by atoms with Crippen molar-refractivity contribution in [3.63, 3.8) is 0 Å². The largest absolute Gasteiger partial charge is 0.493 e. The summed E-state index contributed by atoms with van der Waals surface area (Å²) in [4.78, 5) is 13.7. The Balaban J connectivity index is 1.45. The number of amides is 1. The van der Waals surface area contributed by atoms with Crippen LogP contribution in [0.3, 0.4) is 0 Å². The second-order valence-electron chi connectivity index (χ2n) is 12.4. The molecule has 11 heteroatoms. The molecule has 3 fully saturated rings. The number of morpholine rings is 1. The van der Waals surface area contributed by atoms with E-state index in [1.165, 1.54) is 23.9 Å². The van der Waals surface area contributed by atoms with E-state index in [1.807, 2.05) is 12.1 Å². The van der Waals surface area contributed by atoms with Crippen LogP contribution in [0.4, 0.5) is 5.69 Å². The van der Waals surface area contributed by atoms with E-state index >= 15 is 0 Å². The van der Waals surface area contributed by atoms with Gasteiger partial charge in [-0.1, -0.05) is 20.8 Å². The molecule has 0 spiro atoms. The smallest absolute Gasteiger partial charge is 0.251 e. The Morgan fingerprint density at radius 2 is 1.69 bits per heavy atom. The topological polar surface area (TPSA) is 115 Å². The summed E-state index contributed by atoms with van der Waals surface area (Å²) in [7, 11) is 0.711. The van der Waals surface area contributed by atoms with E-state index in [9.17, 15) is 13.2 Å². The van der Waals surface area contributed by atoms with Crippen LogP contribution in [0.1, 0.15) is 56.0 Å². The van der Waals surface area contributed by atoms with Crippen LogP contribution in [0.2, 0.25) is 0 Å². The molecule has 2 aromatic carbocycles. The molecule has 10 nitrogen and oxygen atoms in total. The number of ether oxygens (including phenoxy) is 4. The SMILES string of the molecule is COc1cc(CNc2ccc(C(=O)NC3C4(C)CC[C@H](C4)C3(C)C)cc2S(=O)(=O)N2CCOCC2)cc(OC)c1OC. The third-order valence-corrected chi connectivity index (χ3v) is 11.5. The Morgan fingerprint density at radius 1 is 1.02 bits per heavy atom. The zero-order valence-electron chi connectivity index (χ0n) is 25.4. The molecule has 0 aromatic heterocycles. The Morgan fingerprint density at radius 3 is 2.26 bits per heavy atom. The summed E-state index contributed by atoms with van der Waals surface area (Å²) in [5.41, 5.74) is 1.55. The molecule has 2 aliphatic carbocycles. The van der Waals surface area contributed by atoms with Crippen LogP contribution >= 0.6 is 0 Å². The van der Waals surface area contributed by atoms with Gasteiger partial charge in [0, 0.05) is 31.2 Å². The van der Waals surface area contributed by atoms with Gasteiger partial charge >= 0.3 is 0 Å². The molecule has 2 bridgehead atoms. The number of nitrogens with zero attached hydrogens (tertiary/aromatic N) is 1. The number of rotatable bonds is 10. The van der Waals surface area contributed by atoms with Gasteiger partial charge in [0.15, 0.2) is 11.5 Å². The fraction of sp³-hybridized carbons (Fsp3) is 0.581. The van der Waals surface area contributed by atoms with Crippen molar-refractivity contribution in [3.8, 4) is 17.2 Å². The average molecular weight is 602 g/mol. The number of sulfonamides is 1. The second kappa shape index (κ2) is 11.6. The van der Waals surface area contributed by atoms with E-state index in [2.05, 4.69) is 31.4 Å². The molecule has 2 saturated carbocycles. The van der Waals surface area contributed by atoms with Crippen LogP contribution in [-0.4, -0.2) is 72.3 Å². The number of carbonyl (C=O) groups excluding carboxylic acids is 1. The first kappa shape index (κ1) is 30.4. The first-order valence-electron chi connectivity index (χ1n) is 14.5. The Kier molecular flexibility index (Phi) is 8.39. The first-order valence-corrected chi connectivity index (χ1v) is 15.9. The molecule has 5 rings (SSSR count). The van der Waals surface area contributed by atoms with Crippen molar-refractivity contribution in [2.24, 2.45) is 16.7 Å². The van der Waals surface area contributed by atoms with Crippen molar-refractivity contribution in [2.75, 3.05) is 52.9 Å². The second-order valence-corrected chi connectivity index (χ2v) is 14.3. The van der Waals surface area contributed by atoms with E-state index in [1.54, 1.807) is 26.4 Å². The molecular weight excluding hydrogens is 558 g/mol. The number of hydrogen-bond acceptors (Lipinski definition) is 8. The summed E-state index contributed by atoms with van der Waals surface area (Å²) in [6, 6.07) is 8.50. The number of methoxy groups -OCH3 is 3. The number of carbonyl (C=O) groups is 1. The van der Waals surface area contributed by atoms with Crippen molar-refractivity contribution in [3.05, 3.63) is 41.5 Å². The van der Waals surface area contributed by atoms with E-state index in [0.717, 1.165) is 18.4 Å². The highest BCUT2D eigenvalue weighted by atomic mass is 32.2. The fourth-order valence-electron chi connectivity index (χ4n) is 7.26. The fourth-order valence-corrected chi connectivity index (χ4v) is 8.86. The molecule has 1 heterocycles. The molecule has 3 atom stereocenters. The summed E-state index contributed by atoms with van der Waals surface area (Å²) < 4.78 is 51.0. The van der Waals surface area contributed by atoms with Crippen molar-refractivity contribution >= 4 is 21.6 Å². The molecule has 1 aliphatic heterocycles. The predicted molar refractivity (Wildman–Crippen MR) is 160 cm³/mol. The molecule has 230 valence electrons. The van der Waals surface area contributed by atoms with E-state index in [-0.39, 0.29) is 47.3 Å². The van der Waals surface area contributed by atoms with Gasteiger partial charge in [-0.15, -0.1) is 0 Å². The number of anilines is 1. The highest BCUT2D eigenvalue weighted by Crippen LogP contribution is 2.62. The highest BCUT2D eigenvalue weighted by Gasteiger charge is 2.59. The van der Waals surface area contributed by atoms with Crippen LogP contribution in [0.5, 0.6) is 17.2 Å². The monoisotopic (exact) mass is 601 g/mol. The molecule has 42 heavy (non-hydrogen) atoms. The molecule has 2 unspecified atom stereocenters. The maximum atomic E-state index is 13.9. The standard InChI is InChI=1S/C31H43N3O7S/c1-30(2)22-9-10-31(3,18-22)29(30)33-28(35)21-7-8-23(26(17-21)42(36,37)34-11-13-41-14-12-34)32-19-20-15-24(38-4)27(40-6)25(16-20)39-5/h7-8,15-17,22,29,32H,9-14,18-19H2,1-6H3,(H,33,35)/t22-,29?,31?/m1/s1. The quantitative estimate of drug-likeness (QED) is 0.415. The van der Waals surface area contributed by atoms with Gasteiger partial charge in [0.1, 0.15) is 4.90 Å². The lowest BCUT2D eigenvalue weighted by Gasteiger charge is -2.43. The maximum absolute atomic E-state index is 13.9. The van der Waals surface area contributed by atoms with Crippen molar-refractivity contribution in [1.82, 2.24) is 9.62 Å². The molecule has 1 amide bonds.